The van der Waals surface area contributed by atoms with Crippen molar-refractivity contribution in [2.24, 2.45) is 5.92 Å². The number of hydrogen-bond donors (Lipinski definition) is 1. The second-order valence-corrected chi connectivity index (χ2v) is 7.77. The smallest absolute Gasteiger partial charge is 0.405 e. The average molecular weight is 421 g/mol. The van der Waals surface area contributed by atoms with E-state index in [1.807, 2.05) is 6.07 Å². The number of nitrogens with zero attached hydrogens (tertiary/aromatic N) is 1. The number of benzene rings is 1. The molecule has 1 aliphatic carbocycles. The maximum atomic E-state index is 12.9. The molecule has 0 radical (unpaired) electrons. The van der Waals surface area contributed by atoms with Gasteiger partial charge in [-0.15, -0.1) is 13.2 Å². The van der Waals surface area contributed by atoms with E-state index in [-0.39, 0.29) is 11.8 Å². The van der Waals surface area contributed by atoms with Crippen LogP contribution in [-0.4, -0.2) is 37.4 Å². The zero-order valence-electron chi connectivity index (χ0n) is 14.1. The van der Waals surface area contributed by atoms with Gasteiger partial charge in [-0.3, -0.25) is 4.90 Å². The SMILES string of the molecule is FC(F)(F)Oc1ccc(Br)cc1[C@H](C1CCCCC1)N1CCNCC1. The third-order valence-corrected chi connectivity index (χ3v) is 5.65. The summed E-state index contributed by atoms with van der Waals surface area (Å²) in [6.45, 7) is 3.43. The molecule has 2 fully saturated rings. The third kappa shape index (κ3) is 5.11. The van der Waals surface area contributed by atoms with Gasteiger partial charge in [0.2, 0.25) is 0 Å². The van der Waals surface area contributed by atoms with Crippen LogP contribution in [-0.2, 0) is 0 Å². The summed E-state index contributed by atoms with van der Waals surface area (Å²) in [6, 6.07) is 4.82. The predicted octanol–water partition coefficient (Wildman–Crippen LogP) is 4.87. The molecule has 0 unspecified atom stereocenters. The molecule has 3 rings (SSSR count). The molecular formula is C18H24BrF3N2O. The zero-order chi connectivity index (χ0) is 17.9. The van der Waals surface area contributed by atoms with Gasteiger partial charge >= 0.3 is 6.36 Å². The van der Waals surface area contributed by atoms with Gasteiger partial charge in [0.25, 0.3) is 0 Å². The van der Waals surface area contributed by atoms with E-state index < -0.39 is 6.36 Å². The number of nitrogens with one attached hydrogen (secondary N) is 1. The summed E-state index contributed by atoms with van der Waals surface area (Å²) < 4.78 is 43.9. The number of piperazine rings is 1. The lowest BCUT2D eigenvalue weighted by atomic mass is 9.80. The first kappa shape index (κ1) is 19.0. The van der Waals surface area contributed by atoms with Crippen LogP contribution in [0.3, 0.4) is 0 Å². The third-order valence-electron chi connectivity index (χ3n) is 5.16. The Hall–Kier alpha value is -0.790. The van der Waals surface area contributed by atoms with E-state index in [0.29, 0.717) is 11.5 Å². The Morgan fingerprint density at radius 1 is 1.12 bits per heavy atom. The van der Waals surface area contributed by atoms with Crippen molar-refractivity contribution in [3.05, 3.63) is 28.2 Å². The normalized spacial score (nSPS) is 21.9. The first-order valence-electron chi connectivity index (χ1n) is 8.94. The molecule has 0 bridgehead atoms. The highest BCUT2D eigenvalue weighted by atomic mass is 79.9. The van der Waals surface area contributed by atoms with E-state index in [9.17, 15) is 13.2 Å². The van der Waals surface area contributed by atoms with Crippen LogP contribution >= 0.6 is 15.9 Å². The molecule has 1 heterocycles. The molecule has 7 heteroatoms. The zero-order valence-corrected chi connectivity index (χ0v) is 15.7. The Labute approximate surface area is 155 Å². The van der Waals surface area contributed by atoms with Crippen LogP contribution in [0.5, 0.6) is 5.75 Å². The molecule has 1 aromatic carbocycles. The number of rotatable bonds is 4. The Morgan fingerprint density at radius 3 is 2.44 bits per heavy atom. The number of ether oxygens (including phenoxy) is 1. The van der Waals surface area contributed by atoms with Crippen molar-refractivity contribution in [3.8, 4) is 5.75 Å². The van der Waals surface area contributed by atoms with Gasteiger partial charge in [-0.05, 0) is 37.0 Å². The van der Waals surface area contributed by atoms with E-state index in [0.717, 1.165) is 56.3 Å². The van der Waals surface area contributed by atoms with Crippen molar-refractivity contribution < 1.29 is 17.9 Å². The first-order chi connectivity index (χ1) is 11.9. The molecule has 2 aliphatic rings. The van der Waals surface area contributed by atoms with Crippen molar-refractivity contribution in [1.82, 2.24) is 10.2 Å². The summed E-state index contributed by atoms with van der Waals surface area (Å²) in [5, 5.41) is 3.33. The molecule has 0 spiro atoms. The molecule has 1 atom stereocenters. The average Bonchev–Trinajstić information content (AvgIpc) is 2.58. The molecule has 1 N–H and O–H groups in total. The van der Waals surface area contributed by atoms with Crippen molar-refractivity contribution >= 4 is 15.9 Å². The first-order valence-corrected chi connectivity index (χ1v) is 9.73. The highest BCUT2D eigenvalue weighted by Crippen LogP contribution is 2.43. The van der Waals surface area contributed by atoms with Crippen molar-refractivity contribution in [1.29, 1.82) is 0 Å². The second kappa shape index (κ2) is 8.27. The van der Waals surface area contributed by atoms with Crippen LogP contribution in [0, 0.1) is 5.92 Å². The highest BCUT2D eigenvalue weighted by molar-refractivity contribution is 9.10. The fourth-order valence-corrected chi connectivity index (χ4v) is 4.51. The Bertz CT molecular complexity index is 552. The lowest BCUT2D eigenvalue weighted by Gasteiger charge is -2.41. The standard InChI is InChI=1S/C18H24BrF3N2O/c19-14-6-7-16(25-18(20,21)22)15(12-14)17(13-4-2-1-3-5-13)24-10-8-23-9-11-24/h6-7,12-13,17,23H,1-5,8-11H2/t17-/m0/s1. The molecule has 140 valence electrons. The quantitative estimate of drug-likeness (QED) is 0.751. The van der Waals surface area contributed by atoms with Gasteiger partial charge in [0.15, 0.2) is 0 Å². The van der Waals surface area contributed by atoms with Crippen LogP contribution in [0.2, 0.25) is 0 Å². The maximum absolute atomic E-state index is 12.9. The van der Waals surface area contributed by atoms with Crippen LogP contribution in [0.4, 0.5) is 13.2 Å². The Kier molecular flexibility index (Phi) is 6.28. The summed E-state index contributed by atoms with van der Waals surface area (Å²) >= 11 is 3.42. The van der Waals surface area contributed by atoms with Gasteiger partial charge in [0, 0.05) is 42.3 Å². The van der Waals surface area contributed by atoms with E-state index >= 15 is 0 Å². The minimum absolute atomic E-state index is 0.0303. The molecule has 1 saturated carbocycles. The van der Waals surface area contributed by atoms with Crippen LogP contribution in [0.25, 0.3) is 0 Å². The van der Waals surface area contributed by atoms with Gasteiger partial charge in [0.1, 0.15) is 5.75 Å². The second-order valence-electron chi connectivity index (χ2n) is 6.86. The van der Waals surface area contributed by atoms with Crippen molar-refractivity contribution in [2.75, 3.05) is 26.2 Å². The molecule has 1 aromatic rings. The highest BCUT2D eigenvalue weighted by Gasteiger charge is 2.37. The summed E-state index contributed by atoms with van der Waals surface area (Å²) in [5.41, 5.74) is 0.653. The summed E-state index contributed by atoms with van der Waals surface area (Å²) in [4.78, 5) is 2.33. The summed E-state index contributed by atoms with van der Waals surface area (Å²) in [5.74, 6) is 0.307. The fourth-order valence-electron chi connectivity index (χ4n) is 4.13. The van der Waals surface area contributed by atoms with Gasteiger partial charge in [-0.2, -0.15) is 0 Å². The molecule has 25 heavy (non-hydrogen) atoms. The lowest BCUT2D eigenvalue weighted by molar-refractivity contribution is -0.275. The Balaban J connectivity index is 1.97. The topological polar surface area (TPSA) is 24.5 Å². The molecule has 0 aromatic heterocycles. The van der Waals surface area contributed by atoms with Gasteiger partial charge in [0.05, 0.1) is 0 Å². The minimum Gasteiger partial charge on any atom is -0.405 e. The lowest BCUT2D eigenvalue weighted by Crippen LogP contribution is -2.47. The number of alkyl halides is 3. The molecule has 1 saturated heterocycles. The van der Waals surface area contributed by atoms with Gasteiger partial charge in [-0.1, -0.05) is 35.2 Å². The molecule has 1 aliphatic heterocycles. The summed E-state index contributed by atoms with van der Waals surface area (Å²) in [7, 11) is 0. The number of hydrogen-bond acceptors (Lipinski definition) is 3. The number of halogens is 4. The molecule has 0 amide bonds. The van der Waals surface area contributed by atoms with Gasteiger partial charge < -0.3 is 10.1 Å². The van der Waals surface area contributed by atoms with Crippen LogP contribution < -0.4 is 10.1 Å². The van der Waals surface area contributed by atoms with Crippen LogP contribution in [0.1, 0.15) is 43.7 Å². The summed E-state index contributed by atoms with van der Waals surface area (Å²) in [6.07, 6.45) is 0.963. The van der Waals surface area contributed by atoms with Gasteiger partial charge in [-0.25, -0.2) is 0 Å². The van der Waals surface area contributed by atoms with Crippen LogP contribution in [0.15, 0.2) is 22.7 Å². The predicted molar refractivity (Wildman–Crippen MR) is 94.6 cm³/mol. The van der Waals surface area contributed by atoms with Crippen molar-refractivity contribution in [3.63, 3.8) is 0 Å². The van der Waals surface area contributed by atoms with E-state index in [4.69, 9.17) is 0 Å². The Morgan fingerprint density at radius 2 is 1.80 bits per heavy atom. The largest absolute Gasteiger partial charge is 0.573 e. The van der Waals surface area contributed by atoms with E-state index in [1.165, 1.54) is 12.5 Å². The minimum atomic E-state index is -4.68. The monoisotopic (exact) mass is 420 g/mol. The van der Waals surface area contributed by atoms with Crippen molar-refractivity contribution in [2.45, 2.75) is 44.5 Å². The fraction of sp³-hybridized carbons (Fsp3) is 0.667. The van der Waals surface area contributed by atoms with E-state index in [2.05, 4.69) is 30.9 Å². The van der Waals surface area contributed by atoms with E-state index in [1.54, 1.807) is 6.07 Å². The maximum Gasteiger partial charge on any atom is 0.573 e. The molecule has 3 nitrogen and oxygen atoms in total. The molecular weight excluding hydrogens is 397 g/mol.